The van der Waals surface area contributed by atoms with Crippen molar-refractivity contribution in [3.8, 4) is 5.69 Å². The molecule has 0 saturated carbocycles. The van der Waals surface area contributed by atoms with Crippen LogP contribution in [0.5, 0.6) is 0 Å². The number of alkyl carbamates (subject to hydrolysis) is 1. The highest BCUT2D eigenvalue weighted by molar-refractivity contribution is 5.85. The molecule has 0 bridgehead atoms. The van der Waals surface area contributed by atoms with Gasteiger partial charge in [0, 0.05) is 0 Å². The second-order valence-corrected chi connectivity index (χ2v) is 7.03. The Bertz CT molecular complexity index is 735. The van der Waals surface area contributed by atoms with Gasteiger partial charge in [0.2, 0.25) is 5.91 Å². The molecule has 0 saturated heterocycles. The predicted molar refractivity (Wildman–Crippen MR) is 96.7 cm³/mol. The van der Waals surface area contributed by atoms with Crippen LogP contribution in [-0.4, -0.2) is 38.4 Å². The number of carbonyl (C=O) groups excluding carboxylic acids is 2. The Hall–Kier alpha value is -2.90. The van der Waals surface area contributed by atoms with E-state index in [9.17, 15) is 9.59 Å². The van der Waals surface area contributed by atoms with E-state index >= 15 is 0 Å². The van der Waals surface area contributed by atoms with Crippen molar-refractivity contribution in [3.63, 3.8) is 0 Å². The van der Waals surface area contributed by atoms with E-state index < -0.39 is 17.7 Å². The summed E-state index contributed by atoms with van der Waals surface area (Å²) in [4.78, 5) is 27.9. The van der Waals surface area contributed by atoms with E-state index in [1.54, 1.807) is 38.7 Å². The molecule has 26 heavy (non-hydrogen) atoms. The molecular weight excluding hydrogens is 334 g/mol. The second-order valence-electron chi connectivity index (χ2n) is 7.03. The molecule has 0 radical (unpaired) electrons. The topological polar surface area (TPSA) is 98.1 Å². The largest absolute Gasteiger partial charge is 0.444 e. The van der Waals surface area contributed by atoms with Crippen LogP contribution in [0.2, 0.25) is 0 Å². The summed E-state index contributed by atoms with van der Waals surface area (Å²) in [6.07, 6.45) is 2.46. The minimum absolute atomic E-state index is 0.213. The zero-order chi connectivity index (χ0) is 19.3. The third-order valence-electron chi connectivity index (χ3n) is 3.56. The Labute approximate surface area is 153 Å². The summed E-state index contributed by atoms with van der Waals surface area (Å²) in [5.41, 5.74) is 1.20. The molecule has 2 rings (SSSR count). The van der Waals surface area contributed by atoms with Gasteiger partial charge in [0.25, 0.3) is 0 Å². The van der Waals surface area contributed by atoms with Gasteiger partial charge in [-0.15, -0.1) is 0 Å². The van der Waals surface area contributed by atoms with Crippen LogP contribution in [0.3, 0.4) is 0 Å². The van der Waals surface area contributed by atoms with Gasteiger partial charge in [-0.05, 0) is 52.3 Å². The summed E-state index contributed by atoms with van der Waals surface area (Å²) in [6, 6.07) is 6.70. The molecule has 2 amide bonds. The smallest absolute Gasteiger partial charge is 0.408 e. The highest BCUT2D eigenvalue weighted by Crippen LogP contribution is 2.15. The standard InChI is InChI=1S/C18H25N5O3/c1-12(14-6-8-15(9-7-14)23-11-19-10-20-23)21-16(24)13(2)22-17(25)26-18(3,4)5/h6-13H,1-5H3,(H,21,24)(H,22,25)/t12?,13-/m1/s1. The first-order valence-electron chi connectivity index (χ1n) is 8.40. The van der Waals surface area contributed by atoms with Gasteiger partial charge in [-0.3, -0.25) is 4.79 Å². The minimum Gasteiger partial charge on any atom is -0.444 e. The molecule has 0 fully saturated rings. The highest BCUT2D eigenvalue weighted by Gasteiger charge is 2.22. The molecule has 1 aromatic carbocycles. The molecule has 2 aromatic rings. The molecule has 2 atom stereocenters. The lowest BCUT2D eigenvalue weighted by Crippen LogP contribution is -2.47. The number of ether oxygens (including phenoxy) is 1. The van der Waals surface area contributed by atoms with Crippen LogP contribution < -0.4 is 10.6 Å². The molecule has 8 heteroatoms. The summed E-state index contributed by atoms with van der Waals surface area (Å²) in [5.74, 6) is -0.288. The molecule has 1 unspecified atom stereocenters. The van der Waals surface area contributed by atoms with Gasteiger partial charge in [0.1, 0.15) is 24.3 Å². The molecule has 140 valence electrons. The van der Waals surface area contributed by atoms with Gasteiger partial charge in [-0.1, -0.05) is 12.1 Å². The minimum atomic E-state index is -0.707. The number of hydrogen-bond donors (Lipinski definition) is 2. The van der Waals surface area contributed by atoms with Gasteiger partial charge in [-0.2, -0.15) is 5.10 Å². The summed E-state index contributed by atoms with van der Waals surface area (Å²) < 4.78 is 6.81. The fourth-order valence-corrected chi connectivity index (χ4v) is 2.23. The molecular formula is C18H25N5O3. The summed E-state index contributed by atoms with van der Waals surface area (Å²) >= 11 is 0. The Morgan fingerprint density at radius 3 is 2.31 bits per heavy atom. The maximum Gasteiger partial charge on any atom is 0.408 e. The molecule has 1 aromatic heterocycles. The monoisotopic (exact) mass is 359 g/mol. The van der Waals surface area contributed by atoms with Crippen molar-refractivity contribution in [3.05, 3.63) is 42.5 Å². The SMILES string of the molecule is CC(NC(=O)[C@@H](C)NC(=O)OC(C)(C)C)c1ccc(-n2cncn2)cc1. The Kier molecular flexibility index (Phi) is 5.97. The maximum atomic E-state index is 12.3. The van der Waals surface area contributed by atoms with Gasteiger partial charge >= 0.3 is 6.09 Å². The van der Waals surface area contributed by atoms with Gasteiger partial charge in [-0.25, -0.2) is 14.5 Å². The van der Waals surface area contributed by atoms with Crippen LogP contribution in [0.15, 0.2) is 36.9 Å². The van der Waals surface area contributed by atoms with Crippen LogP contribution in [-0.2, 0) is 9.53 Å². The van der Waals surface area contributed by atoms with E-state index in [0.717, 1.165) is 11.3 Å². The average Bonchev–Trinajstić information content (AvgIpc) is 3.07. The van der Waals surface area contributed by atoms with Crippen molar-refractivity contribution in [2.45, 2.75) is 52.3 Å². The lowest BCUT2D eigenvalue weighted by Gasteiger charge is -2.22. The van der Waals surface area contributed by atoms with Gasteiger partial charge < -0.3 is 15.4 Å². The van der Waals surface area contributed by atoms with E-state index in [-0.39, 0.29) is 11.9 Å². The number of nitrogens with zero attached hydrogens (tertiary/aromatic N) is 3. The van der Waals surface area contributed by atoms with Crippen molar-refractivity contribution in [1.82, 2.24) is 25.4 Å². The second kappa shape index (κ2) is 7.99. The third kappa shape index (κ3) is 5.58. The van der Waals surface area contributed by atoms with Crippen LogP contribution in [0.1, 0.15) is 46.2 Å². The lowest BCUT2D eigenvalue weighted by atomic mass is 10.1. The van der Waals surface area contributed by atoms with Crippen LogP contribution in [0.4, 0.5) is 4.79 Å². The van der Waals surface area contributed by atoms with Crippen LogP contribution in [0.25, 0.3) is 5.69 Å². The van der Waals surface area contributed by atoms with Gasteiger partial charge in [0.05, 0.1) is 11.7 Å². The lowest BCUT2D eigenvalue weighted by molar-refractivity contribution is -0.123. The highest BCUT2D eigenvalue weighted by atomic mass is 16.6. The summed E-state index contributed by atoms with van der Waals surface area (Å²) in [5, 5.41) is 9.47. The molecule has 1 heterocycles. The normalized spacial score (nSPS) is 13.6. The number of rotatable bonds is 5. The van der Waals surface area contributed by atoms with Crippen molar-refractivity contribution in [2.24, 2.45) is 0 Å². The Morgan fingerprint density at radius 1 is 1.12 bits per heavy atom. The van der Waals surface area contributed by atoms with Crippen LogP contribution >= 0.6 is 0 Å². The van der Waals surface area contributed by atoms with Crippen molar-refractivity contribution in [1.29, 1.82) is 0 Å². The van der Waals surface area contributed by atoms with E-state index in [1.165, 1.54) is 6.33 Å². The Balaban J connectivity index is 1.90. The molecule has 0 aliphatic carbocycles. The Morgan fingerprint density at radius 2 is 1.77 bits per heavy atom. The molecule has 8 nitrogen and oxygen atoms in total. The predicted octanol–water partition coefficient (Wildman–Crippen LogP) is 2.36. The average molecular weight is 359 g/mol. The number of carbonyl (C=O) groups is 2. The van der Waals surface area contributed by atoms with E-state index in [0.29, 0.717) is 0 Å². The number of nitrogens with one attached hydrogen (secondary N) is 2. The van der Waals surface area contributed by atoms with Crippen molar-refractivity contribution in [2.75, 3.05) is 0 Å². The van der Waals surface area contributed by atoms with Crippen molar-refractivity contribution >= 4 is 12.0 Å². The van der Waals surface area contributed by atoms with E-state index in [4.69, 9.17) is 4.74 Å². The summed E-state index contributed by atoms with van der Waals surface area (Å²) in [6.45, 7) is 8.79. The summed E-state index contributed by atoms with van der Waals surface area (Å²) in [7, 11) is 0. The number of hydrogen-bond acceptors (Lipinski definition) is 5. The molecule has 0 aliphatic heterocycles. The molecule has 2 N–H and O–H groups in total. The van der Waals surface area contributed by atoms with E-state index in [2.05, 4.69) is 20.7 Å². The van der Waals surface area contributed by atoms with Crippen molar-refractivity contribution < 1.29 is 14.3 Å². The molecule has 0 spiro atoms. The van der Waals surface area contributed by atoms with Gasteiger partial charge in [0.15, 0.2) is 0 Å². The number of aromatic nitrogens is 3. The quantitative estimate of drug-likeness (QED) is 0.854. The van der Waals surface area contributed by atoms with Crippen LogP contribution in [0, 0.1) is 0 Å². The zero-order valence-corrected chi connectivity index (χ0v) is 15.7. The van der Waals surface area contributed by atoms with E-state index in [1.807, 2.05) is 31.2 Å². The first kappa shape index (κ1) is 19.4. The fourth-order valence-electron chi connectivity index (χ4n) is 2.23. The fraction of sp³-hybridized carbons (Fsp3) is 0.444. The zero-order valence-electron chi connectivity index (χ0n) is 15.7. The first-order valence-corrected chi connectivity index (χ1v) is 8.40. The number of amides is 2. The third-order valence-corrected chi connectivity index (χ3v) is 3.56. The maximum absolute atomic E-state index is 12.3. The molecule has 0 aliphatic rings. The number of benzene rings is 1. The first-order chi connectivity index (χ1) is 12.2.